The maximum Gasteiger partial charge on any atom is 0.155 e. The third-order valence-corrected chi connectivity index (χ3v) is 20.2. The zero-order valence-electron chi connectivity index (χ0n) is 74.6. The molecule has 133 heavy (non-hydrogen) atoms. The van der Waals surface area contributed by atoms with Crippen LogP contribution in [0.2, 0.25) is 0 Å². The molecule has 2 N–H and O–H groups in total. The number of aromatic nitrogens is 6. The van der Waals surface area contributed by atoms with Gasteiger partial charge in [0.15, 0.2) is 11.6 Å². The molecule has 670 valence electrons. The summed E-state index contributed by atoms with van der Waals surface area (Å²) in [6.07, 6.45) is 13.5. The molecule has 20 aromatic rings. The molecule has 4 radical (unpaired) electrons. The van der Waals surface area contributed by atoms with E-state index in [-0.39, 0.29) is 104 Å². The number of hydrogen-bond donors (Lipinski definition) is 2. The Morgan fingerprint density at radius 1 is 0.278 bits per heavy atom. The Labute approximate surface area is 832 Å². The van der Waals surface area contributed by atoms with Gasteiger partial charge < -0.3 is 49.0 Å². The molecule has 12 aromatic carbocycles. The predicted molar refractivity (Wildman–Crippen MR) is 525 cm³/mol. The molecular weight excluding hydrogens is 2350 g/mol. The van der Waals surface area contributed by atoms with E-state index in [9.17, 15) is 9.59 Å². The van der Waals surface area contributed by atoms with E-state index in [2.05, 4.69) is 246 Å². The molecule has 20 rings (SSSR count). The van der Waals surface area contributed by atoms with Crippen molar-refractivity contribution in [2.24, 2.45) is 0 Å². The number of fused-ring (bicyclic) bond motifs is 6. The molecule has 0 saturated carbocycles. The summed E-state index contributed by atoms with van der Waals surface area (Å²) in [5.41, 5.74) is 30.5. The van der Waals surface area contributed by atoms with E-state index in [1.807, 2.05) is 232 Å². The third-order valence-electron chi connectivity index (χ3n) is 20.2. The molecule has 12 nitrogen and oxygen atoms in total. The summed E-state index contributed by atoms with van der Waals surface area (Å²) in [6, 6.07) is 135. The zero-order valence-corrected chi connectivity index (χ0v) is 84.2. The second kappa shape index (κ2) is 52.3. The number of para-hydroxylation sites is 2. The number of carbonyl (C=O) groups is 2. The predicted octanol–water partition coefficient (Wildman–Crippen LogP) is 29.4. The Bertz CT molecular complexity index is 7060. The molecule has 0 amide bonds. The summed E-state index contributed by atoms with van der Waals surface area (Å²) >= 11 is 0. The molecule has 0 bridgehead atoms. The smallest absolute Gasteiger partial charge is 0.155 e. The van der Waals surface area contributed by atoms with E-state index in [1.54, 1.807) is 6.20 Å². The first kappa shape index (κ1) is 103. The third kappa shape index (κ3) is 29.6. The van der Waals surface area contributed by atoms with Gasteiger partial charge in [-0.3, -0.25) is 9.59 Å². The van der Waals surface area contributed by atoms with Crippen molar-refractivity contribution in [3.8, 4) is 112 Å². The van der Waals surface area contributed by atoms with Crippen molar-refractivity contribution in [3.63, 3.8) is 0 Å². The number of nitrogens with zero attached hydrogens (tertiary/aromatic N) is 6. The van der Waals surface area contributed by atoms with Crippen molar-refractivity contribution < 1.29 is 109 Å². The van der Waals surface area contributed by atoms with Gasteiger partial charge in [0, 0.05) is 146 Å². The van der Waals surface area contributed by atoms with Crippen LogP contribution in [-0.4, -0.2) is 51.7 Å². The van der Waals surface area contributed by atoms with Gasteiger partial charge in [-0.1, -0.05) is 233 Å². The molecule has 0 aliphatic carbocycles. The fourth-order valence-corrected chi connectivity index (χ4v) is 14.0. The quantitative estimate of drug-likeness (QED) is 0.0673. The number of rotatable bonds is 12. The monoisotopic (exact) mass is 2450 g/mol. The molecule has 0 fully saturated rings. The number of aliphatic hydroxyl groups excluding tert-OH is 2. The van der Waals surface area contributed by atoms with Gasteiger partial charge in [-0.05, 0) is 177 Å². The second-order valence-electron chi connectivity index (χ2n) is 30.3. The van der Waals surface area contributed by atoms with E-state index < -0.39 is 0 Å². The summed E-state index contributed by atoms with van der Waals surface area (Å²) in [5.74, 6) is -0.125. The molecule has 0 aliphatic heterocycles. The average Bonchev–Trinajstić information content (AvgIpc) is 1.61. The summed E-state index contributed by atoms with van der Waals surface area (Å²) in [5, 5.41) is 21.2. The number of carbonyl (C=O) groups excluding carboxylic acids is 2. The Morgan fingerprint density at radius 2 is 0.707 bits per heavy atom. The van der Waals surface area contributed by atoms with Crippen LogP contribution in [0.15, 0.2) is 415 Å². The van der Waals surface area contributed by atoms with Crippen molar-refractivity contribution in [1.82, 2.24) is 29.9 Å². The Hall–Kier alpha value is -13.8. The summed E-state index contributed by atoms with van der Waals surface area (Å²) in [4.78, 5) is 46.7. The number of furan rings is 2. The molecule has 0 aliphatic rings. The van der Waals surface area contributed by atoms with Gasteiger partial charge in [-0.2, -0.15) is 0 Å². The zero-order chi connectivity index (χ0) is 90.2. The van der Waals surface area contributed by atoms with Crippen LogP contribution in [0.25, 0.3) is 156 Å². The van der Waals surface area contributed by atoms with Crippen LogP contribution in [0.3, 0.4) is 0 Å². The van der Waals surface area contributed by atoms with Crippen LogP contribution in [0.4, 0.5) is 0 Å². The van der Waals surface area contributed by atoms with Crippen molar-refractivity contribution in [3.05, 3.63) is 471 Å². The largest absolute Gasteiger partial charge is 0.512 e. The molecule has 8 heterocycles. The number of aryl methyl sites for hydroxylation is 5. The van der Waals surface area contributed by atoms with Crippen molar-refractivity contribution >= 4 is 55.4 Å². The molecule has 8 aromatic heterocycles. The first-order valence-corrected chi connectivity index (χ1v) is 42.1. The first-order valence-electron chi connectivity index (χ1n) is 42.1. The minimum Gasteiger partial charge on any atom is -0.512 e. The fourth-order valence-electron chi connectivity index (χ4n) is 14.0. The minimum atomic E-state index is -0.125. The number of aliphatic hydroxyl groups is 2. The maximum atomic E-state index is 10.0. The van der Waals surface area contributed by atoms with Gasteiger partial charge in [0.25, 0.3) is 0 Å². The van der Waals surface area contributed by atoms with Crippen molar-refractivity contribution in [2.45, 2.75) is 62.3 Å². The second-order valence-corrected chi connectivity index (χ2v) is 30.3. The Balaban J connectivity index is 0.000000176. The van der Waals surface area contributed by atoms with Gasteiger partial charge >= 0.3 is 0 Å². The molecular formula is C117H94Ir4N6O6-6. The van der Waals surface area contributed by atoms with Gasteiger partial charge in [0.2, 0.25) is 0 Å². The standard InChI is InChI=1S/2C24H16NO.2C18H14N.C12H10N.C11H8N.2C5H8O2.4Ir/c1-16-9-11-17(12-10-16)18-13-14-25-22(15-18)21-7-4-6-20-19-5-2-3-8-23(19)26-24(20)21;1-16-7-5-10-19-20-11-6-12-21(24(20)26-23(16)19)22-15-18(13-14-25-22)17-8-3-2-4-9-17;1-14-12-18(16-10-6-3-7-11-16)19-13-17(14)15-8-4-2-5-9-15;1-14-10-11-19-18(12-14)17-9-5-8-16(13-17)15-6-3-2-4-7-15;1-10-7-8-12(13-9-10)11-5-3-2-4-6-11;1-2-6-10(7-3-1)11-8-4-5-9-12-11;2*1-4(6)3-5(2)7;;;;/h2-6,8-15H,1H3;2-11,13-15H,1H3;2-10,12-13H,1H3;2-8,10-13H,1H3;2-5,7-9H,1H3;1-6,8-9H;2*3,6H,1-2H3;;;;/q6*-1;;;;;;. The van der Waals surface area contributed by atoms with Crippen molar-refractivity contribution in [2.75, 3.05) is 0 Å². The fraction of sp³-hybridized carbons (Fsp3) is 0.0769. The van der Waals surface area contributed by atoms with Gasteiger partial charge in [0.1, 0.15) is 11.2 Å². The van der Waals surface area contributed by atoms with Crippen LogP contribution >= 0.6 is 0 Å². The van der Waals surface area contributed by atoms with Gasteiger partial charge in [0.05, 0.1) is 22.7 Å². The van der Waals surface area contributed by atoms with Crippen LogP contribution in [0.5, 0.6) is 0 Å². The van der Waals surface area contributed by atoms with E-state index in [1.165, 1.54) is 95.5 Å². The number of allylic oxidation sites excluding steroid dienone is 4. The Morgan fingerprint density at radius 3 is 1.21 bits per heavy atom. The maximum absolute atomic E-state index is 10.0. The molecule has 0 spiro atoms. The minimum absolute atomic E-state index is 0. The van der Waals surface area contributed by atoms with Crippen molar-refractivity contribution in [1.29, 1.82) is 0 Å². The number of hydrogen-bond acceptors (Lipinski definition) is 12. The molecule has 0 atom stereocenters. The summed E-state index contributed by atoms with van der Waals surface area (Å²) in [7, 11) is 0. The van der Waals surface area contributed by atoms with Crippen LogP contribution in [0, 0.1) is 71.0 Å². The van der Waals surface area contributed by atoms with E-state index in [0.29, 0.717) is 0 Å². The molecule has 16 heteroatoms. The molecule has 0 unspecified atom stereocenters. The van der Waals surface area contributed by atoms with E-state index in [0.717, 1.165) is 128 Å². The normalized spacial score (nSPS) is 10.4. The summed E-state index contributed by atoms with van der Waals surface area (Å²) < 4.78 is 12.4. The number of benzene rings is 12. The van der Waals surface area contributed by atoms with E-state index >= 15 is 0 Å². The number of ketones is 2. The van der Waals surface area contributed by atoms with Crippen LogP contribution < -0.4 is 0 Å². The SMILES string of the molecule is CC(=O)C=C(C)O.CC(=O)C=C(C)O.Cc1cc(-c2[c-]cccc2)ncc1-c1ccccc1.Cc1ccc(-c2[c-]cccc2)nc1.Cc1ccc(-c2ccnc(-c3[c-]ccc4c3oc3ccccc34)c2)cc1.Cc1cccc2c1oc1c(-c3cc(-c4ccccc4)ccn3)[c-]ccc12.Cc1ccnc(-c2[c-]ccc(-c3ccccc3)c2)c1.[Ir].[Ir].[Ir].[Ir].[c-]1ccccc1-c1ccccn1. The van der Waals surface area contributed by atoms with E-state index in [4.69, 9.17) is 19.0 Å². The van der Waals surface area contributed by atoms with Crippen LogP contribution in [0.1, 0.15) is 55.5 Å². The summed E-state index contributed by atoms with van der Waals surface area (Å²) in [6.45, 7) is 16.1. The average molecular weight is 2450 g/mol. The van der Waals surface area contributed by atoms with Gasteiger partial charge in [-0.25, -0.2) is 0 Å². The number of pyridine rings is 6. The topological polar surface area (TPSA) is 178 Å². The molecule has 0 saturated heterocycles. The van der Waals surface area contributed by atoms with Gasteiger partial charge in [-0.15, -0.1) is 179 Å². The van der Waals surface area contributed by atoms with Crippen LogP contribution in [-0.2, 0) is 90.0 Å². The first-order chi connectivity index (χ1) is 62.9. The Kier molecular flexibility index (Phi) is 40.4.